The molecule has 1 N–H and O–H groups in total. The van der Waals surface area contributed by atoms with Crippen LogP contribution in [0.2, 0.25) is 0 Å². The highest BCUT2D eigenvalue weighted by atomic mass is 19.1. The Bertz CT molecular complexity index is 740. The SMILES string of the molecule is COc1cc(/C=C(\C(=O)O)c2ccc(F)cc2)cc(OC)c1OC. The fraction of sp³-hybridized carbons (Fsp3) is 0.167. The van der Waals surface area contributed by atoms with Gasteiger partial charge in [-0.05, 0) is 41.5 Å². The van der Waals surface area contributed by atoms with Crippen LogP contribution in [0.25, 0.3) is 11.6 Å². The monoisotopic (exact) mass is 332 g/mol. The number of carbonyl (C=O) groups is 1. The minimum absolute atomic E-state index is 0.0178. The number of carboxylic acid groups (broad SMARTS) is 1. The fourth-order valence-electron chi connectivity index (χ4n) is 2.25. The lowest BCUT2D eigenvalue weighted by Gasteiger charge is -2.13. The summed E-state index contributed by atoms with van der Waals surface area (Å²) in [6.07, 6.45) is 1.46. The molecule has 0 saturated heterocycles. The van der Waals surface area contributed by atoms with E-state index in [2.05, 4.69) is 0 Å². The first kappa shape index (κ1) is 17.3. The number of carboxylic acids is 1. The molecule has 0 amide bonds. The normalized spacial score (nSPS) is 11.1. The first-order valence-electron chi connectivity index (χ1n) is 7.01. The van der Waals surface area contributed by atoms with Gasteiger partial charge in [-0.25, -0.2) is 9.18 Å². The standard InChI is InChI=1S/C18H17FO5/c1-22-15-9-11(10-16(23-2)17(15)24-3)8-14(18(20)21)12-4-6-13(19)7-5-12/h4-10H,1-3H3,(H,20,21)/b14-8-. The summed E-state index contributed by atoms with van der Waals surface area (Å²) in [6, 6.07) is 8.50. The summed E-state index contributed by atoms with van der Waals surface area (Å²) in [7, 11) is 4.43. The molecule has 0 spiro atoms. The van der Waals surface area contributed by atoms with E-state index < -0.39 is 11.8 Å². The predicted molar refractivity (Wildman–Crippen MR) is 88.0 cm³/mol. The first-order valence-corrected chi connectivity index (χ1v) is 7.01. The molecule has 2 rings (SSSR count). The maximum Gasteiger partial charge on any atom is 0.336 e. The van der Waals surface area contributed by atoms with Gasteiger partial charge in [0.2, 0.25) is 5.75 Å². The van der Waals surface area contributed by atoms with Gasteiger partial charge >= 0.3 is 5.97 Å². The van der Waals surface area contributed by atoms with E-state index in [9.17, 15) is 14.3 Å². The Labute approximate surface area is 138 Å². The van der Waals surface area contributed by atoms with Crippen LogP contribution in [0.1, 0.15) is 11.1 Å². The molecule has 6 heteroatoms. The molecule has 0 aliphatic carbocycles. The second kappa shape index (κ2) is 7.50. The molecule has 5 nitrogen and oxygen atoms in total. The van der Waals surface area contributed by atoms with Crippen molar-refractivity contribution in [3.63, 3.8) is 0 Å². The third-order valence-corrected chi connectivity index (χ3v) is 3.38. The van der Waals surface area contributed by atoms with Crippen molar-refractivity contribution in [3.05, 3.63) is 53.3 Å². The molecule has 0 unspecified atom stereocenters. The van der Waals surface area contributed by atoms with Gasteiger partial charge < -0.3 is 19.3 Å². The molecule has 0 heterocycles. The van der Waals surface area contributed by atoms with Gasteiger partial charge in [-0.15, -0.1) is 0 Å². The lowest BCUT2D eigenvalue weighted by atomic mass is 10.0. The molecular weight excluding hydrogens is 315 g/mol. The Morgan fingerprint density at radius 1 is 1.00 bits per heavy atom. The zero-order valence-corrected chi connectivity index (χ0v) is 13.5. The number of benzene rings is 2. The summed E-state index contributed by atoms with van der Waals surface area (Å²) in [5.74, 6) is -0.332. The molecule has 0 aliphatic heterocycles. The van der Waals surface area contributed by atoms with Crippen LogP contribution in [0.4, 0.5) is 4.39 Å². The van der Waals surface area contributed by atoms with Crippen LogP contribution in [0.5, 0.6) is 17.2 Å². The van der Waals surface area contributed by atoms with Gasteiger partial charge in [0, 0.05) is 0 Å². The van der Waals surface area contributed by atoms with Crippen molar-refractivity contribution in [1.82, 2.24) is 0 Å². The number of hydrogen-bond donors (Lipinski definition) is 1. The van der Waals surface area contributed by atoms with E-state index in [0.717, 1.165) is 0 Å². The van der Waals surface area contributed by atoms with E-state index in [0.29, 0.717) is 28.4 Å². The minimum atomic E-state index is -1.13. The fourth-order valence-corrected chi connectivity index (χ4v) is 2.25. The Morgan fingerprint density at radius 3 is 1.96 bits per heavy atom. The number of halogens is 1. The maximum absolute atomic E-state index is 13.0. The first-order chi connectivity index (χ1) is 11.5. The number of ether oxygens (including phenoxy) is 3. The summed E-state index contributed by atoms with van der Waals surface area (Å²) in [5.41, 5.74) is 0.952. The van der Waals surface area contributed by atoms with Crippen molar-refractivity contribution in [2.45, 2.75) is 0 Å². The van der Waals surface area contributed by atoms with Crippen LogP contribution in [0, 0.1) is 5.82 Å². The van der Waals surface area contributed by atoms with Crippen LogP contribution in [-0.2, 0) is 4.79 Å². The topological polar surface area (TPSA) is 65.0 Å². The molecule has 0 atom stereocenters. The van der Waals surface area contributed by atoms with Gasteiger partial charge in [0.05, 0.1) is 26.9 Å². The van der Waals surface area contributed by atoms with Crippen molar-refractivity contribution < 1.29 is 28.5 Å². The van der Waals surface area contributed by atoms with Gasteiger partial charge in [-0.2, -0.15) is 0 Å². The summed E-state index contributed by atoms with van der Waals surface area (Å²) in [6.45, 7) is 0. The number of aliphatic carboxylic acids is 1. The Kier molecular flexibility index (Phi) is 5.42. The molecule has 126 valence electrons. The second-order valence-corrected chi connectivity index (χ2v) is 4.83. The third-order valence-electron chi connectivity index (χ3n) is 3.38. The molecule has 0 fully saturated rings. The van der Waals surface area contributed by atoms with Crippen molar-refractivity contribution in [2.75, 3.05) is 21.3 Å². The number of hydrogen-bond acceptors (Lipinski definition) is 4. The van der Waals surface area contributed by atoms with Crippen LogP contribution in [0.3, 0.4) is 0 Å². The second-order valence-electron chi connectivity index (χ2n) is 4.83. The lowest BCUT2D eigenvalue weighted by molar-refractivity contribution is -0.130. The van der Waals surface area contributed by atoms with Crippen LogP contribution < -0.4 is 14.2 Å². The quantitative estimate of drug-likeness (QED) is 0.648. The molecule has 2 aromatic carbocycles. The zero-order chi connectivity index (χ0) is 17.7. The average Bonchev–Trinajstić information content (AvgIpc) is 2.59. The summed E-state index contributed by atoms with van der Waals surface area (Å²) in [4.78, 5) is 11.6. The summed E-state index contributed by atoms with van der Waals surface area (Å²) >= 11 is 0. The Balaban J connectivity index is 2.57. The zero-order valence-electron chi connectivity index (χ0n) is 13.5. The van der Waals surface area contributed by atoms with Gasteiger partial charge in [0.25, 0.3) is 0 Å². The van der Waals surface area contributed by atoms with Gasteiger partial charge in [0.1, 0.15) is 5.82 Å². The number of rotatable bonds is 6. The van der Waals surface area contributed by atoms with Crippen molar-refractivity contribution >= 4 is 17.6 Å². The molecule has 24 heavy (non-hydrogen) atoms. The summed E-state index contributed by atoms with van der Waals surface area (Å²) < 4.78 is 28.8. The van der Waals surface area contributed by atoms with Crippen LogP contribution in [-0.4, -0.2) is 32.4 Å². The van der Waals surface area contributed by atoms with Crippen molar-refractivity contribution in [3.8, 4) is 17.2 Å². The van der Waals surface area contributed by atoms with E-state index in [-0.39, 0.29) is 5.57 Å². The van der Waals surface area contributed by atoms with Crippen molar-refractivity contribution in [2.24, 2.45) is 0 Å². The predicted octanol–water partition coefficient (Wildman–Crippen LogP) is 3.48. The highest BCUT2D eigenvalue weighted by Crippen LogP contribution is 2.39. The summed E-state index contributed by atoms with van der Waals surface area (Å²) in [5, 5.41) is 9.46. The van der Waals surface area contributed by atoms with Crippen LogP contribution in [0.15, 0.2) is 36.4 Å². The molecule has 0 aromatic heterocycles. The van der Waals surface area contributed by atoms with E-state index in [4.69, 9.17) is 14.2 Å². The molecule has 0 radical (unpaired) electrons. The van der Waals surface area contributed by atoms with Crippen LogP contribution >= 0.6 is 0 Å². The number of methoxy groups -OCH3 is 3. The Hall–Kier alpha value is -3.02. The average molecular weight is 332 g/mol. The minimum Gasteiger partial charge on any atom is -0.493 e. The van der Waals surface area contributed by atoms with E-state index in [1.807, 2.05) is 0 Å². The maximum atomic E-state index is 13.0. The Morgan fingerprint density at radius 2 is 1.54 bits per heavy atom. The molecule has 0 bridgehead atoms. The molecule has 0 saturated carbocycles. The highest BCUT2D eigenvalue weighted by Gasteiger charge is 2.15. The molecule has 0 aliphatic rings. The highest BCUT2D eigenvalue weighted by molar-refractivity contribution is 6.20. The largest absolute Gasteiger partial charge is 0.493 e. The van der Waals surface area contributed by atoms with Gasteiger partial charge in [-0.3, -0.25) is 0 Å². The third kappa shape index (κ3) is 3.65. The van der Waals surface area contributed by atoms with E-state index >= 15 is 0 Å². The van der Waals surface area contributed by atoms with Gasteiger partial charge in [-0.1, -0.05) is 12.1 Å². The van der Waals surface area contributed by atoms with Gasteiger partial charge in [0.15, 0.2) is 11.5 Å². The smallest absolute Gasteiger partial charge is 0.336 e. The van der Waals surface area contributed by atoms with Crippen molar-refractivity contribution in [1.29, 1.82) is 0 Å². The van der Waals surface area contributed by atoms with E-state index in [1.54, 1.807) is 12.1 Å². The lowest BCUT2D eigenvalue weighted by Crippen LogP contribution is -2.00. The van der Waals surface area contributed by atoms with E-state index in [1.165, 1.54) is 51.7 Å². The molecule has 2 aromatic rings. The molecular formula is C18H17FO5.